The average Bonchev–Trinajstić information content (AvgIpc) is 2.98. The van der Waals surface area contributed by atoms with Crippen LogP contribution in [0.2, 0.25) is 0 Å². The van der Waals surface area contributed by atoms with Gasteiger partial charge in [-0.15, -0.1) is 0 Å². The largest absolute Gasteiger partial charge is 0.358 e. The van der Waals surface area contributed by atoms with Gasteiger partial charge >= 0.3 is 0 Å². The Morgan fingerprint density at radius 2 is 2.04 bits per heavy atom. The van der Waals surface area contributed by atoms with Gasteiger partial charge in [0.2, 0.25) is 0 Å². The molecule has 0 bridgehead atoms. The van der Waals surface area contributed by atoms with Crippen LogP contribution in [-0.2, 0) is 6.42 Å². The first kappa shape index (κ1) is 18.0. The van der Waals surface area contributed by atoms with Crippen molar-refractivity contribution in [2.24, 2.45) is 0 Å². The molecule has 0 aliphatic rings. The third kappa shape index (κ3) is 4.14. The molecule has 126 valence electrons. The number of rotatable bonds is 7. The summed E-state index contributed by atoms with van der Waals surface area (Å²) in [7, 11) is 0. The summed E-state index contributed by atoms with van der Waals surface area (Å²) in [5, 5.41) is 0. The quantitative estimate of drug-likeness (QED) is 0.503. The van der Waals surface area contributed by atoms with Crippen LogP contribution in [0.3, 0.4) is 0 Å². The second-order valence-corrected chi connectivity index (χ2v) is 6.25. The molecule has 1 aromatic carbocycles. The van der Waals surface area contributed by atoms with E-state index in [9.17, 15) is 4.79 Å². The number of hydrogen-bond donors (Lipinski definition) is 1. The molecule has 1 N–H and O–H groups in total. The minimum Gasteiger partial charge on any atom is -0.358 e. The van der Waals surface area contributed by atoms with Crippen LogP contribution >= 0.6 is 0 Å². The monoisotopic (exact) mass is 321 g/mol. The van der Waals surface area contributed by atoms with Crippen LogP contribution in [0.15, 0.2) is 48.6 Å². The Morgan fingerprint density at radius 1 is 1.29 bits per heavy atom. The molecule has 1 heterocycles. The Balaban J connectivity index is 2.42. The third-order valence-electron chi connectivity index (χ3n) is 4.33. The number of nitrogens with one attached hydrogen (secondary N) is 1. The van der Waals surface area contributed by atoms with Crippen molar-refractivity contribution in [3.8, 4) is 0 Å². The van der Waals surface area contributed by atoms with E-state index in [0.717, 1.165) is 41.7 Å². The summed E-state index contributed by atoms with van der Waals surface area (Å²) in [4.78, 5) is 14.8. The molecule has 0 radical (unpaired) electrons. The van der Waals surface area contributed by atoms with Crippen LogP contribution in [0.4, 0.5) is 0 Å². The molecule has 2 aromatic rings. The van der Waals surface area contributed by atoms with E-state index in [-0.39, 0.29) is 0 Å². The van der Waals surface area contributed by atoms with Gasteiger partial charge in [0.05, 0.1) is 0 Å². The molecule has 0 fully saturated rings. The predicted molar refractivity (Wildman–Crippen MR) is 103 cm³/mol. The molecule has 0 aliphatic heterocycles. The lowest BCUT2D eigenvalue weighted by Gasteiger charge is -2.12. The lowest BCUT2D eigenvalue weighted by molar-refractivity contribution is 0.112. The first-order chi connectivity index (χ1) is 11.6. The van der Waals surface area contributed by atoms with Crippen molar-refractivity contribution in [1.29, 1.82) is 0 Å². The fraction of sp³-hybridized carbons (Fsp3) is 0.318. The molecule has 1 aromatic heterocycles. The van der Waals surface area contributed by atoms with Gasteiger partial charge < -0.3 is 4.98 Å². The van der Waals surface area contributed by atoms with E-state index in [1.54, 1.807) is 0 Å². The highest BCUT2D eigenvalue weighted by atomic mass is 16.1. The van der Waals surface area contributed by atoms with Crippen LogP contribution in [0.5, 0.6) is 0 Å². The lowest BCUT2D eigenvalue weighted by atomic mass is 9.93. The summed E-state index contributed by atoms with van der Waals surface area (Å²) < 4.78 is 0. The maximum atomic E-state index is 11.3. The number of aromatic nitrogens is 1. The Hall–Kier alpha value is -2.35. The van der Waals surface area contributed by atoms with Gasteiger partial charge in [0.25, 0.3) is 0 Å². The normalized spacial score (nSPS) is 13.4. The van der Waals surface area contributed by atoms with Crippen LogP contribution < -0.4 is 0 Å². The molecular weight excluding hydrogens is 294 g/mol. The van der Waals surface area contributed by atoms with Gasteiger partial charge in [-0.1, -0.05) is 62.8 Å². The van der Waals surface area contributed by atoms with Crippen molar-refractivity contribution in [1.82, 2.24) is 4.98 Å². The molecule has 1 atom stereocenters. The van der Waals surface area contributed by atoms with Gasteiger partial charge in [0.15, 0.2) is 6.29 Å². The second-order valence-electron chi connectivity index (χ2n) is 6.25. The van der Waals surface area contributed by atoms with E-state index < -0.39 is 0 Å². The molecule has 24 heavy (non-hydrogen) atoms. The summed E-state index contributed by atoms with van der Waals surface area (Å²) in [5.74, 6) is 0.301. The molecule has 0 aliphatic carbocycles. The van der Waals surface area contributed by atoms with Crippen LogP contribution in [0, 0.1) is 6.92 Å². The Labute approximate surface area is 145 Å². The van der Waals surface area contributed by atoms with Crippen molar-refractivity contribution < 1.29 is 4.79 Å². The van der Waals surface area contributed by atoms with Crippen LogP contribution in [0.1, 0.15) is 66.0 Å². The average molecular weight is 321 g/mol. The van der Waals surface area contributed by atoms with E-state index >= 15 is 0 Å². The minimum atomic E-state index is 0.301. The highest BCUT2D eigenvalue weighted by Gasteiger charge is 2.11. The Kier molecular flexibility index (Phi) is 6.36. The van der Waals surface area contributed by atoms with Gasteiger partial charge in [-0.05, 0) is 43.0 Å². The van der Waals surface area contributed by atoms with Gasteiger partial charge in [0.1, 0.15) is 0 Å². The molecular formula is C22H27NO. The standard InChI is InChI=1S/C22H27NO/c1-5-9-18(13-17(4)20-12-8-7-11-16(20)3)22-14-19(15-24)21(23-22)10-6-2/h5,7-9,11-15,17,23H,6,10H2,1-4H3/b9-5-,18-13+. The number of carbonyl (C=O) groups excluding carboxylic acids is 1. The minimum absolute atomic E-state index is 0.301. The zero-order chi connectivity index (χ0) is 17.5. The number of H-pyrrole nitrogens is 1. The van der Waals surface area contributed by atoms with E-state index in [0.29, 0.717) is 5.92 Å². The lowest BCUT2D eigenvalue weighted by Crippen LogP contribution is -1.95. The Bertz CT molecular complexity index is 749. The maximum Gasteiger partial charge on any atom is 0.151 e. The van der Waals surface area contributed by atoms with Gasteiger partial charge in [-0.3, -0.25) is 4.79 Å². The first-order valence-corrected chi connectivity index (χ1v) is 8.68. The van der Waals surface area contributed by atoms with Gasteiger partial charge in [-0.25, -0.2) is 0 Å². The number of allylic oxidation sites excluding steroid dienone is 4. The number of hydrogen-bond acceptors (Lipinski definition) is 1. The summed E-state index contributed by atoms with van der Waals surface area (Å²) in [6.45, 7) is 8.50. The summed E-state index contributed by atoms with van der Waals surface area (Å²) in [6, 6.07) is 10.4. The smallest absolute Gasteiger partial charge is 0.151 e. The fourth-order valence-corrected chi connectivity index (χ4v) is 3.10. The van der Waals surface area contributed by atoms with Crippen molar-refractivity contribution in [3.63, 3.8) is 0 Å². The molecule has 2 rings (SSSR count). The molecule has 2 heteroatoms. The number of carbonyl (C=O) groups is 1. The zero-order valence-electron chi connectivity index (χ0n) is 15.1. The molecule has 0 spiro atoms. The van der Waals surface area contributed by atoms with Crippen LogP contribution in [0.25, 0.3) is 5.57 Å². The van der Waals surface area contributed by atoms with Crippen molar-refractivity contribution in [2.45, 2.75) is 46.5 Å². The molecule has 2 nitrogen and oxygen atoms in total. The first-order valence-electron chi connectivity index (χ1n) is 8.68. The van der Waals surface area contributed by atoms with Crippen LogP contribution in [-0.4, -0.2) is 11.3 Å². The predicted octanol–water partition coefficient (Wildman–Crippen LogP) is 5.85. The molecule has 0 amide bonds. The topological polar surface area (TPSA) is 32.9 Å². The third-order valence-corrected chi connectivity index (χ3v) is 4.33. The van der Waals surface area contributed by atoms with Crippen molar-refractivity contribution in [3.05, 3.63) is 76.6 Å². The highest BCUT2D eigenvalue weighted by Crippen LogP contribution is 2.27. The van der Waals surface area contributed by atoms with Crippen molar-refractivity contribution in [2.75, 3.05) is 0 Å². The summed E-state index contributed by atoms with van der Waals surface area (Å²) >= 11 is 0. The van der Waals surface area contributed by atoms with Crippen molar-refractivity contribution >= 4 is 11.9 Å². The number of aromatic amines is 1. The highest BCUT2D eigenvalue weighted by molar-refractivity contribution is 5.82. The van der Waals surface area contributed by atoms with E-state index in [4.69, 9.17) is 0 Å². The molecule has 0 saturated heterocycles. The van der Waals surface area contributed by atoms with E-state index in [1.807, 2.05) is 19.1 Å². The maximum absolute atomic E-state index is 11.3. The summed E-state index contributed by atoms with van der Waals surface area (Å²) in [6.07, 6.45) is 9.26. The van der Waals surface area contributed by atoms with E-state index in [1.165, 1.54) is 11.1 Å². The fourth-order valence-electron chi connectivity index (χ4n) is 3.10. The van der Waals surface area contributed by atoms with Gasteiger partial charge in [-0.2, -0.15) is 0 Å². The van der Waals surface area contributed by atoms with E-state index in [2.05, 4.69) is 62.2 Å². The zero-order valence-corrected chi connectivity index (χ0v) is 15.1. The molecule has 1 unspecified atom stereocenters. The van der Waals surface area contributed by atoms with Gasteiger partial charge in [0, 0.05) is 22.9 Å². The number of benzene rings is 1. The number of aldehydes is 1. The second kappa shape index (κ2) is 8.49. The molecule has 0 saturated carbocycles. The summed E-state index contributed by atoms with van der Waals surface area (Å²) in [5.41, 5.74) is 6.56. The number of aryl methyl sites for hydroxylation is 2. The Morgan fingerprint density at radius 3 is 2.67 bits per heavy atom. The SMILES string of the molecule is C/C=C\C(=C/C(C)c1ccccc1C)c1cc(C=O)c(CCC)[nH]1.